The monoisotopic (exact) mass is 683 g/mol. The standard InChI is InChI=1S/C38H35Cl2N3O3S/c1-2-3-4-5-7-25-19-27-20-31(37(45)46-33(27)21-32(25)44)34-22-41-38(47-34)43-36(24-12-16-29(40)17-13-24)30-9-6-8-26(35(30)42-43)18-23-10-14-28(39)15-11-23/h10-22,30,36,44H,2-9H2,1H3/b26-18+. The summed E-state index contributed by atoms with van der Waals surface area (Å²) in [5.41, 5.74) is 5.69. The SMILES string of the molecule is CCCCCCc1cc2cc(-c3cnc(N4N=C5/C(=C/c6ccc(Cl)cc6)CCCC5C4c4ccc(Cl)cc4)s3)c(=O)oc2cc1O. The number of aryl methyl sites for hydroxylation is 1. The molecule has 1 aliphatic carbocycles. The van der Waals surface area contributed by atoms with Crippen molar-refractivity contribution in [2.45, 2.75) is 64.3 Å². The maximum absolute atomic E-state index is 13.2. The number of hydrogen-bond acceptors (Lipinski definition) is 7. The molecule has 2 aromatic heterocycles. The summed E-state index contributed by atoms with van der Waals surface area (Å²) in [6.07, 6.45) is 12.2. The zero-order valence-corrected chi connectivity index (χ0v) is 28.4. The molecule has 0 bridgehead atoms. The van der Waals surface area contributed by atoms with Gasteiger partial charge in [-0.15, -0.1) is 0 Å². The molecule has 240 valence electrons. The van der Waals surface area contributed by atoms with E-state index in [-0.39, 0.29) is 17.7 Å². The first-order valence-electron chi connectivity index (χ1n) is 16.2. The Morgan fingerprint density at radius 2 is 1.79 bits per heavy atom. The molecule has 0 saturated heterocycles. The lowest BCUT2D eigenvalue weighted by atomic mass is 9.77. The van der Waals surface area contributed by atoms with Crippen molar-refractivity contribution >= 4 is 62.4 Å². The number of aromatic hydroxyl groups is 1. The summed E-state index contributed by atoms with van der Waals surface area (Å²) in [5.74, 6) is 0.335. The molecule has 1 saturated carbocycles. The maximum atomic E-state index is 13.2. The van der Waals surface area contributed by atoms with E-state index in [4.69, 9.17) is 37.7 Å². The third-order valence-corrected chi connectivity index (χ3v) is 10.6. The Morgan fingerprint density at radius 3 is 2.55 bits per heavy atom. The largest absolute Gasteiger partial charge is 0.508 e. The fraction of sp³-hybridized carbons (Fsp3) is 0.289. The molecule has 2 atom stereocenters. The van der Waals surface area contributed by atoms with Crippen molar-refractivity contribution in [3.8, 4) is 16.2 Å². The van der Waals surface area contributed by atoms with Crippen LogP contribution in [-0.4, -0.2) is 15.8 Å². The van der Waals surface area contributed by atoms with E-state index >= 15 is 0 Å². The molecule has 2 unspecified atom stereocenters. The Morgan fingerprint density at radius 1 is 1.02 bits per heavy atom. The number of benzene rings is 3. The molecule has 1 aliphatic heterocycles. The van der Waals surface area contributed by atoms with Crippen LogP contribution in [0.15, 0.2) is 92.8 Å². The number of allylic oxidation sites excluding steroid dienone is 1. The molecule has 1 fully saturated rings. The van der Waals surface area contributed by atoms with Crippen LogP contribution in [0.25, 0.3) is 27.5 Å². The van der Waals surface area contributed by atoms with E-state index in [0.29, 0.717) is 31.2 Å². The Hall–Kier alpha value is -3.91. The van der Waals surface area contributed by atoms with E-state index in [1.54, 1.807) is 12.3 Å². The van der Waals surface area contributed by atoms with Crippen LogP contribution in [0, 0.1) is 5.92 Å². The van der Waals surface area contributed by atoms with Gasteiger partial charge in [-0.2, -0.15) is 5.10 Å². The van der Waals surface area contributed by atoms with Crippen LogP contribution in [0.1, 0.15) is 74.6 Å². The van der Waals surface area contributed by atoms with Gasteiger partial charge >= 0.3 is 5.63 Å². The van der Waals surface area contributed by atoms with Crippen LogP contribution >= 0.6 is 34.5 Å². The van der Waals surface area contributed by atoms with Gasteiger partial charge in [0.1, 0.15) is 11.3 Å². The minimum Gasteiger partial charge on any atom is -0.508 e. The predicted molar refractivity (Wildman–Crippen MR) is 194 cm³/mol. The summed E-state index contributed by atoms with van der Waals surface area (Å²) in [5, 5.41) is 20.7. The molecule has 0 radical (unpaired) electrons. The minimum atomic E-state index is -0.466. The number of hydrogen-bond donors (Lipinski definition) is 1. The zero-order valence-electron chi connectivity index (χ0n) is 26.1. The van der Waals surface area contributed by atoms with Crippen molar-refractivity contribution < 1.29 is 9.52 Å². The second-order valence-electron chi connectivity index (χ2n) is 12.3. The molecule has 47 heavy (non-hydrogen) atoms. The summed E-state index contributed by atoms with van der Waals surface area (Å²) in [4.78, 5) is 18.7. The van der Waals surface area contributed by atoms with E-state index in [1.165, 1.54) is 23.3 Å². The van der Waals surface area contributed by atoms with Gasteiger partial charge in [-0.05, 0) is 96.8 Å². The Labute approximate surface area is 288 Å². The average Bonchev–Trinajstić information content (AvgIpc) is 3.71. The van der Waals surface area contributed by atoms with Gasteiger partial charge in [-0.3, -0.25) is 0 Å². The molecule has 1 N–H and O–H groups in total. The van der Waals surface area contributed by atoms with Gasteiger partial charge in [-0.25, -0.2) is 14.8 Å². The molecule has 2 aliphatic rings. The fourth-order valence-corrected chi connectivity index (χ4v) is 7.88. The molecular formula is C38H35Cl2N3O3S. The van der Waals surface area contributed by atoms with Crippen molar-refractivity contribution in [3.05, 3.63) is 116 Å². The number of hydrazone groups is 1. The highest BCUT2D eigenvalue weighted by Crippen LogP contribution is 2.48. The van der Waals surface area contributed by atoms with Crippen molar-refractivity contribution in [2.75, 3.05) is 5.01 Å². The number of thiazole rings is 1. The third kappa shape index (κ3) is 6.62. The zero-order chi connectivity index (χ0) is 32.5. The highest BCUT2D eigenvalue weighted by molar-refractivity contribution is 7.18. The lowest BCUT2D eigenvalue weighted by Crippen LogP contribution is -2.28. The van der Waals surface area contributed by atoms with E-state index in [2.05, 4.69) is 25.1 Å². The Bertz CT molecular complexity index is 2030. The van der Waals surface area contributed by atoms with Crippen molar-refractivity contribution in [1.29, 1.82) is 0 Å². The molecule has 6 nitrogen and oxygen atoms in total. The number of unbranched alkanes of at least 4 members (excludes halogenated alkanes) is 3. The smallest absolute Gasteiger partial charge is 0.345 e. The summed E-state index contributed by atoms with van der Waals surface area (Å²) in [6.45, 7) is 2.18. The third-order valence-electron chi connectivity index (χ3n) is 9.11. The quantitative estimate of drug-likeness (QED) is 0.123. The molecule has 3 aromatic carbocycles. The number of halogens is 2. The lowest BCUT2D eigenvalue weighted by molar-refractivity contribution is 0.464. The highest BCUT2D eigenvalue weighted by Gasteiger charge is 2.43. The van der Waals surface area contributed by atoms with Crippen LogP contribution in [0.3, 0.4) is 0 Å². The van der Waals surface area contributed by atoms with E-state index in [0.717, 1.165) is 72.7 Å². The first-order valence-corrected chi connectivity index (χ1v) is 17.8. The number of nitrogens with zero attached hydrogens (tertiary/aromatic N) is 3. The molecule has 9 heteroatoms. The summed E-state index contributed by atoms with van der Waals surface area (Å²) < 4.78 is 5.71. The maximum Gasteiger partial charge on any atom is 0.345 e. The molecule has 3 heterocycles. The molecular weight excluding hydrogens is 649 g/mol. The van der Waals surface area contributed by atoms with Crippen LogP contribution in [-0.2, 0) is 6.42 Å². The predicted octanol–water partition coefficient (Wildman–Crippen LogP) is 10.9. The van der Waals surface area contributed by atoms with Gasteiger partial charge in [0.15, 0.2) is 0 Å². The molecule has 5 aromatic rings. The van der Waals surface area contributed by atoms with Crippen molar-refractivity contribution in [2.24, 2.45) is 11.0 Å². The van der Waals surface area contributed by atoms with Crippen LogP contribution in [0.4, 0.5) is 5.13 Å². The van der Waals surface area contributed by atoms with Crippen LogP contribution in [0.2, 0.25) is 10.0 Å². The Balaban J connectivity index is 1.25. The number of aromatic nitrogens is 1. The summed E-state index contributed by atoms with van der Waals surface area (Å²) in [7, 11) is 0. The van der Waals surface area contributed by atoms with Crippen molar-refractivity contribution in [3.63, 3.8) is 0 Å². The molecule has 0 spiro atoms. The normalized spacial score (nSPS) is 18.6. The number of phenols is 1. The van der Waals surface area contributed by atoms with Gasteiger partial charge in [0.25, 0.3) is 0 Å². The van der Waals surface area contributed by atoms with Gasteiger partial charge in [0, 0.05) is 33.6 Å². The van der Waals surface area contributed by atoms with Gasteiger partial charge < -0.3 is 9.52 Å². The van der Waals surface area contributed by atoms with Gasteiger partial charge in [0.2, 0.25) is 5.13 Å². The molecule has 0 amide bonds. The number of rotatable bonds is 9. The van der Waals surface area contributed by atoms with E-state index in [1.807, 2.05) is 53.5 Å². The van der Waals surface area contributed by atoms with Crippen molar-refractivity contribution in [1.82, 2.24) is 4.98 Å². The van der Waals surface area contributed by atoms with Gasteiger partial charge in [0.05, 0.1) is 22.2 Å². The second kappa shape index (κ2) is 13.7. The topological polar surface area (TPSA) is 78.9 Å². The minimum absolute atomic E-state index is 0.0681. The fourth-order valence-electron chi connectivity index (χ4n) is 6.72. The highest BCUT2D eigenvalue weighted by atomic mass is 35.5. The van der Waals surface area contributed by atoms with E-state index in [9.17, 15) is 9.90 Å². The second-order valence-corrected chi connectivity index (χ2v) is 14.2. The number of phenolic OH excluding ortho intramolecular Hbond substituents is 1. The number of fused-ring (bicyclic) bond motifs is 2. The lowest BCUT2D eigenvalue weighted by Gasteiger charge is -2.29. The van der Waals surface area contributed by atoms with Crippen LogP contribution < -0.4 is 10.6 Å². The number of anilines is 1. The van der Waals surface area contributed by atoms with Gasteiger partial charge in [-0.1, -0.05) is 85.0 Å². The first kappa shape index (κ1) is 31.7. The Kier molecular flexibility index (Phi) is 9.22. The average molecular weight is 685 g/mol. The summed E-state index contributed by atoms with van der Waals surface area (Å²) >= 11 is 13.9. The molecule has 7 rings (SSSR count). The first-order chi connectivity index (χ1) is 22.9. The van der Waals surface area contributed by atoms with E-state index < -0.39 is 5.63 Å². The summed E-state index contributed by atoms with van der Waals surface area (Å²) in [6, 6.07) is 21.1. The van der Waals surface area contributed by atoms with Crippen LogP contribution in [0.5, 0.6) is 5.75 Å².